The van der Waals surface area contributed by atoms with Crippen molar-refractivity contribution in [2.45, 2.75) is 18.8 Å². The van der Waals surface area contributed by atoms with Crippen molar-refractivity contribution in [2.24, 2.45) is 0 Å². The van der Waals surface area contributed by atoms with Gasteiger partial charge in [0.2, 0.25) is 17.5 Å². The van der Waals surface area contributed by atoms with E-state index in [1.165, 1.54) is 0 Å². The van der Waals surface area contributed by atoms with E-state index in [1.807, 2.05) is 0 Å². The number of amides is 1. The van der Waals surface area contributed by atoms with Crippen molar-refractivity contribution >= 4 is 17.5 Å². The van der Waals surface area contributed by atoms with E-state index in [4.69, 9.17) is 16.1 Å². The zero-order chi connectivity index (χ0) is 22.3. The number of likely N-dealkylation sites (tertiary alicyclic amines) is 1. The van der Waals surface area contributed by atoms with Crippen LogP contribution in [0.25, 0.3) is 11.4 Å². The molecule has 31 heavy (non-hydrogen) atoms. The zero-order valence-electron chi connectivity index (χ0n) is 15.6. The first-order valence-corrected chi connectivity index (χ1v) is 9.56. The van der Waals surface area contributed by atoms with E-state index < -0.39 is 40.6 Å². The molecular formula is C20H13ClF5N3O2. The quantitative estimate of drug-likeness (QED) is 0.312. The molecule has 0 spiro atoms. The molecule has 1 saturated heterocycles. The molecule has 1 amide bonds. The number of carbonyl (C=O) groups is 1. The average molecular weight is 458 g/mol. The first-order chi connectivity index (χ1) is 14.8. The maximum atomic E-state index is 13.9. The Morgan fingerprint density at radius 1 is 0.968 bits per heavy atom. The molecule has 1 aliphatic heterocycles. The molecule has 5 nitrogen and oxygen atoms in total. The van der Waals surface area contributed by atoms with Crippen LogP contribution in [0.2, 0.25) is 5.02 Å². The van der Waals surface area contributed by atoms with Crippen molar-refractivity contribution in [3.8, 4) is 11.4 Å². The third-order valence-electron chi connectivity index (χ3n) is 5.11. The van der Waals surface area contributed by atoms with Crippen molar-refractivity contribution < 1.29 is 31.3 Å². The summed E-state index contributed by atoms with van der Waals surface area (Å²) in [6.45, 7) is 0.0135. The minimum Gasteiger partial charge on any atom is -0.339 e. The van der Waals surface area contributed by atoms with Gasteiger partial charge in [0.1, 0.15) is 5.56 Å². The van der Waals surface area contributed by atoms with Crippen LogP contribution in [0.4, 0.5) is 22.0 Å². The normalized spacial score (nSPS) is 14.8. The highest BCUT2D eigenvalue weighted by molar-refractivity contribution is 6.33. The largest absolute Gasteiger partial charge is 0.339 e. The lowest BCUT2D eigenvalue weighted by atomic mass is 9.96. The Morgan fingerprint density at radius 3 is 2.16 bits per heavy atom. The van der Waals surface area contributed by atoms with Gasteiger partial charge < -0.3 is 9.42 Å². The number of benzene rings is 2. The Hall–Kier alpha value is -3.01. The molecule has 0 aliphatic carbocycles. The fourth-order valence-corrected chi connectivity index (χ4v) is 3.65. The molecular weight excluding hydrogens is 445 g/mol. The van der Waals surface area contributed by atoms with Gasteiger partial charge >= 0.3 is 0 Å². The Morgan fingerprint density at radius 2 is 1.55 bits per heavy atom. The Kier molecular flexibility index (Phi) is 5.65. The standard InChI is InChI=1S/C20H13ClF5N3O2/c21-11-4-2-1-3-10(11)18-27-19(31-28-18)9-5-7-29(8-6-9)20(30)12-13(22)15(24)17(26)16(25)14(12)23/h1-4,9H,5-8H2. The third kappa shape index (κ3) is 3.76. The zero-order valence-corrected chi connectivity index (χ0v) is 16.4. The van der Waals surface area contributed by atoms with Crippen LogP contribution in [0.5, 0.6) is 0 Å². The second kappa shape index (κ2) is 8.26. The number of hydrogen-bond donors (Lipinski definition) is 0. The Labute approximate surface area is 177 Å². The van der Waals surface area contributed by atoms with Crippen LogP contribution >= 0.6 is 11.6 Å². The van der Waals surface area contributed by atoms with Crippen LogP contribution in [-0.4, -0.2) is 34.0 Å². The van der Waals surface area contributed by atoms with Gasteiger partial charge in [-0.25, -0.2) is 22.0 Å². The summed E-state index contributed by atoms with van der Waals surface area (Å²) in [5.41, 5.74) is -0.883. The number of aromatic nitrogens is 2. The number of carbonyl (C=O) groups excluding carboxylic acids is 1. The Balaban J connectivity index is 1.49. The molecule has 0 saturated carbocycles. The molecule has 2 aromatic carbocycles. The van der Waals surface area contributed by atoms with E-state index in [0.29, 0.717) is 35.1 Å². The summed E-state index contributed by atoms with van der Waals surface area (Å²) in [4.78, 5) is 17.8. The predicted molar refractivity (Wildman–Crippen MR) is 98.9 cm³/mol. The molecule has 0 N–H and O–H groups in total. The highest BCUT2D eigenvalue weighted by Gasteiger charge is 2.34. The maximum absolute atomic E-state index is 13.9. The van der Waals surface area contributed by atoms with Gasteiger partial charge in [-0.3, -0.25) is 4.79 Å². The van der Waals surface area contributed by atoms with Crippen LogP contribution < -0.4 is 0 Å². The summed E-state index contributed by atoms with van der Waals surface area (Å²) in [5.74, 6) is -11.8. The van der Waals surface area contributed by atoms with Gasteiger partial charge in [-0.2, -0.15) is 4.98 Å². The molecule has 1 fully saturated rings. The number of rotatable bonds is 3. The first-order valence-electron chi connectivity index (χ1n) is 9.18. The number of halogens is 6. The van der Waals surface area contributed by atoms with Crippen molar-refractivity contribution in [1.29, 1.82) is 0 Å². The lowest BCUT2D eigenvalue weighted by molar-refractivity contribution is 0.0691. The average Bonchev–Trinajstić information content (AvgIpc) is 3.27. The van der Waals surface area contributed by atoms with Gasteiger partial charge in [0.15, 0.2) is 23.3 Å². The molecule has 0 atom stereocenters. The van der Waals surface area contributed by atoms with E-state index in [-0.39, 0.29) is 19.0 Å². The second-order valence-electron chi connectivity index (χ2n) is 6.95. The SMILES string of the molecule is O=C(c1c(F)c(F)c(F)c(F)c1F)N1CCC(c2nc(-c3ccccc3Cl)no2)CC1. The summed E-state index contributed by atoms with van der Waals surface area (Å²) in [5, 5.41) is 4.35. The van der Waals surface area contributed by atoms with E-state index >= 15 is 0 Å². The summed E-state index contributed by atoms with van der Waals surface area (Å²) in [7, 11) is 0. The third-order valence-corrected chi connectivity index (χ3v) is 5.44. The van der Waals surface area contributed by atoms with Crippen LogP contribution in [0.3, 0.4) is 0 Å². The van der Waals surface area contributed by atoms with Gasteiger partial charge in [0.05, 0.1) is 5.02 Å². The molecule has 2 heterocycles. The van der Waals surface area contributed by atoms with Gasteiger partial charge in [0, 0.05) is 24.6 Å². The Bertz CT molecular complexity index is 1130. The summed E-state index contributed by atoms with van der Waals surface area (Å²) < 4.78 is 73.2. The number of nitrogens with zero attached hydrogens (tertiary/aromatic N) is 3. The van der Waals surface area contributed by atoms with Crippen molar-refractivity contribution in [1.82, 2.24) is 15.0 Å². The van der Waals surface area contributed by atoms with Crippen molar-refractivity contribution in [2.75, 3.05) is 13.1 Å². The minimum atomic E-state index is -2.31. The fourth-order valence-electron chi connectivity index (χ4n) is 3.43. The molecule has 3 aromatic rings. The smallest absolute Gasteiger partial charge is 0.260 e. The second-order valence-corrected chi connectivity index (χ2v) is 7.35. The van der Waals surface area contributed by atoms with Gasteiger partial charge in [-0.1, -0.05) is 28.9 Å². The predicted octanol–water partition coefficient (Wildman–Crippen LogP) is 5.11. The highest BCUT2D eigenvalue weighted by Crippen LogP contribution is 2.32. The summed E-state index contributed by atoms with van der Waals surface area (Å²) >= 11 is 6.12. The monoisotopic (exact) mass is 457 g/mol. The van der Waals surface area contributed by atoms with Crippen LogP contribution in [-0.2, 0) is 0 Å². The molecule has 0 unspecified atom stereocenters. The summed E-state index contributed by atoms with van der Waals surface area (Å²) in [6, 6.07) is 6.92. The molecule has 162 valence electrons. The van der Waals surface area contributed by atoms with Gasteiger partial charge in [0.25, 0.3) is 5.91 Å². The lowest BCUT2D eigenvalue weighted by Gasteiger charge is -2.30. The molecule has 11 heteroatoms. The molecule has 1 aliphatic rings. The van der Waals surface area contributed by atoms with E-state index in [2.05, 4.69) is 10.1 Å². The molecule has 1 aromatic heterocycles. The van der Waals surface area contributed by atoms with Gasteiger partial charge in [-0.05, 0) is 25.0 Å². The summed E-state index contributed by atoms with van der Waals surface area (Å²) in [6.07, 6.45) is 0.594. The molecule has 4 rings (SSSR count). The van der Waals surface area contributed by atoms with Crippen LogP contribution in [0, 0.1) is 29.1 Å². The fraction of sp³-hybridized carbons (Fsp3) is 0.250. The van der Waals surface area contributed by atoms with E-state index in [9.17, 15) is 26.7 Å². The number of piperidine rings is 1. The minimum absolute atomic E-state index is 0.00675. The van der Waals surface area contributed by atoms with E-state index in [0.717, 1.165) is 4.90 Å². The maximum Gasteiger partial charge on any atom is 0.260 e. The topological polar surface area (TPSA) is 59.2 Å². The first kappa shape index (κ1) is 21.2. The van der Waals surface area contributed by atoms with Crippen molar-refractivity contribution in [3.05, 3.63) is 69.8 Å². The molecule has 0 radical (unpaired) electrons. The van der Waals surface area contributed by atoms with E-state index in [1.54, 1.807) is 24.3 Å². The van der Waals surface area contributed by atoms with Crippen LogP contribution in [0.15, 0.2) is 28.8 Å². The molecule has 0 bridgehead atoms. The number of hydrogen-bond acceptors (Lipinski definition) is 4. The van der Waals surface area contributed by atoms with Crippen molar-refractivity contribution in [3.63, 3.8) is 0 Å². The highest BCUT2D eigenvalue weighted by atomic mass is 35.5. The lowest BCUT2D eigenvalue weighted by Crippen LogP contribution is -2.39. The van der Waals surface area contributed by atoms with Gasteiger partial charge in [-0.15, -0.1) is 0 Å². The van der Waals surface area contributed by atoms with Crippen LogP contribution in [0.1, 0.15) is 35.0 Å².